The van der Waals surface area contributed by atoms with Crippen molar-refractivity contribution in [3.63, 3.8) is 0 Å². The summed E-state index contributed by atoms with van der Waals surface area (Å²) in [4.78, 5) is 15.4. The fraction of sp³-hybridized carbons (Fsp3) is 0.250. The Morgan fingerprint density at radius 3 is 2.76 bits per heavy atom. The minimum atomic E-state index is -0.982. The van der Waals surface area contributed by atoms with Gasteiger partial charge in [0.15, 0.2) is 0 Å². The Hall–Kier alpha value is -2.43. The second-order valence-corrected chi connectivity index (χ2v) is 4.66. The zero-order valence-corrected chi connectivity index (χ0v) is 11.8. The van der Waals surface area contributed by atoms with Gasteiger partial charge < -0.3 is 10.4 Å². The van der Waals surface area contributed by atoms with Crippen molar-refractivity contribution >= 4 is 11.8 Å². The lowest BCUT2D eigenvalue weighted by atomic mass is 10.1. The molecule has 5 heteroatoms. The molecule has 1 heterocycles. The van der Waals surface area contributed by atoms with Crippen LogP contribution in [0.5, 0.6) is 0 Å². The summed E-state index contributed by atoms with van der Waals surface area (Å²) in [5, 5.41) is 12.1. The third-order valence-corrected chi connectivity index (χ3v) is 3.15. The lowest BCUT2D eigenvalue weighted by Crippen LogP contribution is -2.10. The summed E-state index contributed by atoms with van der Waals surface area (Å²) in [6.07, 6.45) is 1.16. The molecule has 1 aromatic carbocycles. The van der Waals surface area contributed by atoms with Gasteiger partial charge in [-0.3, -0.25) is 0 Å². The van der Waals surface area contributed by atoms with Gasteiger partial charge in [0.25, 0.3) is 0 Å². The molecule has 21 heavy (non-hydrogen) atoms. The Balaban J connectivity index is 2.04. The third-order valence-electron chi connectivity index (χ3n) is 3.15. The first kappa shape index (κ1) is 15.0. The van der Waals surface area contributed by atoms with E-state index in [4.69, 9.17) is 5.11 Å². The van der Waals surface area contributed by atoms with Crippen LogP contribution in [0.3, 0.4) is 0 Å². The second-order valence-electron chi connectivity index (χ2n) is 4.66. The average molecular weight is 288 g/mol. The molecule has 0 saturated carbocycles. The highest BCUT2D eigenvalue weighted by Crippen LogP contribution is 2.12. The molecule has 0 atom stereocenters. The van der Waals surface area contributed by atoms with Gasteiger partial charge in [-0.25, -0.2) is 14.2 Å². The van der Waals surface area contributed by atoms with Crippen LogP contribution in [0.25, 0.3) is 0 Å². The third kappa shape index (κ3) is 4.02. The van der Waals surface area contributed by atoms with Gasteiger partial charge in [-0.15, -0.1) is 0 Å². The lowest BCUT2D eigenvalue weighted by molar-refractivity contribution is 0.0696. The van der Waals surface area contributed by atoms with Gasteiger partial charge in [0.2, 0.25) is 0 Å². The van der Waals surface area contributed by atoms with Gasteiger partial charge in [0.1, 0.15) is 11.6 Å². The molecule has 1 aromatic heterocycles. The number of hydrogen-bond acceptors (Lipinski definition) is 3. The molecule has 0 unspecified atom stereocenters. The summed E-state index contributed by atoms with van der Waals surface area (Å²) in [6.45, 7) is 2.40. The van der Waals surface area contributed by atoms with E-state index in [0.29, 0.717) is 36.5 Å². The fourth-order valence-corrected chi connectivity index (χ4v) is 2.01. The van der Waals surface area contributed by atoms with E-state index < -0.39 is 5.97 Å². The summed E-state index contributed by atoms with van der Waals surface area (Å²) in [5.41, 5.74) is 1.54. The maximum atomic E-state index is 13.5. The second kappa shape index (κ2) is 6.83. The Bertz CT molecular complexity index is 644. The van der Waals surface area contributed by atoms with Crippen LogP contribution in [0.15, 0.2) is 36.4 Å². The predicted molar refractivity (Wildman–Crippen MR) is 79.2 cm³/mol. The van der Waals surface area contributed by atoms with Crippen LogP contribution in [0.1, 0.15) is 28.5 Å². The summed E-state index contributed by atoms with van der Waals surface area (Å²) in [7, 11) is 0. The SMILES string of the molecule is CCc1cc(C(=O)O)cc(NCCc2ccccc2F)n1. The van der Waals surface area contributed by atoms with Crippen molar-refractivity contribution < 1.29 is 14.3 Å². The standard InChI is InChI=1S/C16H17FN2O2/c1-2-13-9-12(16(20)21)10-15(19-13)18-8-7-11-5-3-4-6-14(11)17/h3-6,9-10H,2,7-8H2,1H3,(H,18,19)(H,20,21). The number of aromatic nitrogens is 1. The number of halogens is 1. The zero-order valence-electron chi connectivity index (χ0n) is 11.8. The molecule has 0 fully saturated rings. The smallest absolute Gasteiger partial charge is 0.335 e. The van der Waals surface area contributed by atoms with E-state index in [0.717, 1.165) is 0 Å². The molecule has 0 aliphatic carbocycles. The van der Waals surface area contributed by atoms with Crippen LogP contribution in [0.4, 0.5) is 10.2 Å². The van der Waals surface area contributed by atoms with Crippen LogP contribution in [0, 0.1) is 5.82 Å². The van der Waals surface area contributed by atoms with Gasteiger partial charge in [-0.1, -0.05) is 25.1 Å². The molecule has 0 radical (unpaired) electrons. The summed E-state index contributed by atoms with van der Waals surface area (Å²) >= 11 is 0. The number of nitrogens with one attached hydrogen (secondary N) is 1. The first-order valence-electron chi connectivity index (χ1n) is 6.81. The fourth-order valence-electron chi connectivity index (χ4n) is 2.01. The summed E-state index contributed by atoms with van der Waals surface area (Å²) < 4.78 is 13.5. The molecule has 0 saturated heterocycles. The first-order chi connectivity index (χ1) is 10.1. The van der Waals surface area contributed by atoms with Gasteiger partial charge in [0, 0.05) is 12.2 Å². The number of nitrogens with zero attached hydrogens (tertiary/aromatic N) is 1. The number of benzene rings is 1. The van der Waals surface area contributed by atoms with Crippen molar-refractivity contribution in [2.45, 2.75) is 19.8 Å². The maximum Gasteiger partial charge on any atom is 0.335 e. The molecule has 0 aliphatic rings. The molecule has 0 amide bonds. The molecule has 2 aromatic rings. The summed E-state index contributed by atoms with van der Waals surface area (Å²) in [5.74, 6) is -0.715. The van der Waals surface area contributed by atoms with E-state index in [1.165, 1.54) is 12.1 Å². The largest absolute Gasteiger partial charge is 0.478 e. The van der Waals surface area contributed by atoms with Crippen molar-refractivity contribution in [1.82, 2.24) is 4.98 Å². The lowest BCUT2D eigenvalue weighted by Gasteiger charge is -2.09. The van der Waals surface area contributed by atoms with Crippen molar-refractivity contribution in [1.29, 1.82) is 0 Å². The predicted octanol–water partition coefficient (Wildman–Crippen LogP) is 3.14. The Kier molecular flexibility index (Phi) is 4.87. The van der Waals surface area contributed by atoms with Gasteiger partial charge in [-0.05, 0) is 36.6 Å². The number of aryl methyl sites for hydroxylation is 1. The number of rotatable bonds is 6. The van der Waals surface area contributed by atoms with Gasteiger partial charge in [-0.2, -0.15) is 0 Å². The van der Waals surface area contributed by atoms with E-state index in [2.05, 4.69) is 10.3 Å². The van der Waals surface area contributed by atoms with Crippen molar-refractivity contribution in [3.8, 4) is 0 Å². The molecule has 2 rings (SSSR count). The number of aromatic carboxylic acids is 1. The van der Waals surface area contributed by atoms with E-state index >= 15 is 0 Å². The molecule has 0 spiro atoms. The van der Waals surface area contributed by atoms with Crippen molar-refractivity contribution in [2.24, 2.45) is 0 Å². The van der Waals surface area contributed by atoms with Crippen LogP contribution < -0.4 is 5.32 Å². The van der Waals surface area contributed by atoms with E-state index in [9.17, 15) is 9.18 Å². The number of pyridine rings is 1. The number of carbonyl (C=O) groups is 1. The van der Waals surface area contributed by atoms with Crippen LogP contribution >= 0.6 is 0 Å². The molecule has 110 valence electrons. The number of hydrogen-bond donors (Lipinski definition) is 2. The van der Waals surface area contributed by atoms with Crippen LogP contribution in [0.2, 0.25) is 0 Å². The number of carboxylic acid groups (broad SMARTS) is 1. The van der Waals surface area contributed by atoms with E-state index in [1.807, 2.05) is 6.92 Å². The van der Waals surface area contributed by atoms with Crippen LogP contribution in [-0.4, -0.2) is 22.6 Å². The highest BCUT2D eigenvalue weighted by molar-refractivity contribution is 5.88. The first-order valence-corrected chi connectivity index (χ1v) is 6.81. The molecule has 0 bridgehead atoms. The maximum absolute atomic E-state index is 13.5. The Labute approximate surface area is 122 Å². The van der Waals surface area contributed by atoms with Crippen molar-refractivity contribution in [2.75, 3.05) is 11.9 Å². The highest BCUT2D eigenvalue weighted by Gasteiger charge is 2.08. The van der Waals surface area contributed by atoms with Crippen molar-refractivity contribution in [3.05, 3.63) is 59.0 Å². The topological polar surface area (TPSA) is 62.2 Å². The molecule has 0 aliphatic heterocycles. The normalized spacial score (nSPS) is 10.4. The molecule has 2 N–H and O–H groups in total. The minimum Gasteiger partial charge on any atom is -0.478 e. The average Bonchev–Trinajstić information content (AvgIpc) is 2.49. The quantitative estimate of drug-likeness (QED) is 0.857. The number of anilines is 1. The van der Waals surface area contributed by atoms with Crippen LogP contribution in [-0.2, 0) is 12.8 Å². The molecular formula is C16H17FN2O2. The van der Waals surface area contributed by atoms with E-state index in [-0.39, 0.29) is 11.4 Å². The minimum absolute atomic E-state index is 0.204. The van der Waals surface area contributed by atoms with Gasteiger partial charge in [0.05, 0.1) is 5.56 Å². The highest BCUT2D eigenvalue weighted by atomic mass is 19.1. The Morgan fingerprint density at radius 2 is 2.10 bits per heavy atom. The Morgan fingerprint density at radius 1 is 1.33 bits per heavy atom. The van der Waals surface area contributed by atoms with Gasteiger partial charge >= 0.3 is 5.97 Å². The zero-order chi connectivity index (χ0) is 15.2. The summed E-state index contributed by atoms with van der Waals surface area (Å²) in [6, 6.07) is 9.64. The monoisotopic (exact) mass is 288 g/mol. The number of carboxylic acids is 1. The molecular weight excluding hydrogens is 271 g/mol. The van der Waals surface area contributed by atoms with E-state index in [1.54, 1.807) is 24.3 Å². The molecule has 4 nitrogen and oxygen atoms in total.